The van der Waals surface area contributed by atoms with E-state index in [1.807, 2.05) is 0 Å². The molecule has 0 heterocycles. The van der Waals surface area contributed by atoms with Crippen molar-refractivity contribution in [2.24, 2.45) is 17.8 Å². The highest BCUT2D eigenvalue weighted by Crippen LogP contribution is 2.34. The summed E-state index contributed by atoms with van der Waals surface area (Å²) in [5.41, 5.74) is 0. The number of terminal acetylenes is 1. The van der Waals surface area contributed by atoms with Crippen molar-refractivity contribution >= 4 is 5.78 Å². The van der Waals surface area contributed by atoms with Crippen molar-refractivity contribution in [3.05, 3.63) is 0 Å². The van der Waals surface area contributed by atoms with E-state index in [0.29, 0.717) is 24.5 Å². The van der Waals surface area contributed by atoms with E-state index < -0.39 is 0 Å². The van der Waals surface area contributed by atoms with Crippen LogP contribution in [0.15, 0.2) is 0 Å². The summed E-state index contributed by atoms with van der Waals surface area (Å²) in [6.07, 6.45) is 11.0. The minimum Gasteiger partial charge on any atom is -0.299 e. The summed E-state index contributed by atoms with van der Waals surface area (Å²) in [4.78, 5) is 11.7. The first-order valence-corrected chi connectivity index (χ1v) is 6.11. The lowest BCUT2D eigenvalue weighted by molar-refractivity contribution is -0.124. The molecule has 1 aliphatic carbocycles. The Morgan fingerprint density at radius 3 is 2.40 bits per heavy atom. The van der Waals surface area contributed by atoms with Crippen molar-refractivity contribution in [1.82, 2.24) is 0 Å². The van der Waals surface area contributed by atoms with Gasteiger partial charge in [-0.25, -0.2) is 0 Å². The van der Waals surface area contributed by atoms with Crippen LogP contribution in [-0.4, -0.2) is 5.78 Å². The number of rotatable bonds is 4. The second-order valence-corrected chi connectivity index (χ2v) is 5.03. The summed E-state index contributed by atoms with van der Waals surface area (Å²) in [7, 11) is 0. The largest absolute Gasteiger partial charge is 0.299 e. The van der Waals surface area contributed by atoms with Crippen LogP contribution < -0.4 is 0 Å². The fraction of sp³-hybridized carbons (Fsp3) is 0.786. The van der Waals surface area contributed by atoms with Crippen LogP contribution in [0.5, 0.6) is 0 Å². The maximum atomic E-state index is 11.7. The third kappa shape index (κ3) is 3.70. The van der Waals surface area contributed by atoms with Gasteiger partial charge in [-0.2, -0.15) is 0 Å². The quantitative estimate of drug-likeness (QED) is 0.644. The summed E-state index contributed by atoms with van der Waals surface area (Å²) < 4.78 is 0. The molecule has 1 aliphatic rings. The summed E-state index contributed by atoms with van der Waals surface area (Å²) >= 11 is 0. The van der Waals surface area contributed by atoms with Gasteiger partial charge >= 0.3 is 0 Å². The van der Waals surface area contributed by atoms with Crippen molar-refractivity contribution in [3.63, 3.8) is 0 Å². The zero-order valence-corrected chi connectivity index (χ0v) is 9.96. The van der Waals surface area contributed by atoms with Crippen LogP contribution in [0.25, 0.3) is 0 Å². The molecule has 0 spiro atoms. The van der Waals surface area contributed by atoms with Crippen LogP contribution >= 0.6 is 0 Å². The van der Waals surface area contributed by atoms with Crippen LogP contribution in [-0.2, 0) is 4.79 Å². The van der Waals surface area contributed by atoms with Crippen LogP contribution in [0.4, 0.5) is 0 Å². The van der Waals surface area contributed by atoms with Gasteiger partial charge in [0.1, 0.15) is 5.78 Å². The smallest absolute Gasteiger partial charge is 0.136 e. The fourth-order valence-electron chi connectivity index (χ4n) is 2.51. The van der Waals surface area contributed by atoms with Gasteiger partial charge in [-0.05, 0) is 37.5 Å². The van der Waals surface area contributed by atoms with Gasteiger partial charge in [0.2, 0.25) is 0 Å². The Morgan fingerprint density at radius 2 is 1.93 bits per heavy atom. The summed E-state index contributed by atoms with van der Waals surface area (Å²) in [5, 5.41) is 0. The molecule has 15 heavy (non-hydrogen) atoms. The molecule has 0 atom stereocenters. The number of ketones is 1. The number of hydrogen-bond donors (Lipinski definition) is 0. The summed E-state index contributed by atoms with van der Waals surface area (Å²) in [6.45, 7) is 4.57. The predicted octanol–water partition coefficient (Wildman–Crippen LogP) is 3.43. The Kier molecular flexibility index (Phi) is 4.88. The van der Waals surface area contributed by atoms with Crippen LogP contribution in [0, 0.1) is 30.1 Å². The molecule has 0 amide bonds. The normalized spacial score (nSPS) is 26.3. The number of hydrogen-bond acceptors (Lipinski definition) is 1. The van der Waals surface area contributed by atoms with E-state index in [0.717, 1.165) is 24.7 Å². The molecule has 0 N–H and O–H groups in total. The molecule has 0 unspecified atom stereocenters. The molecule has 0 saturated heterocycles. The SMILES string of the molecule is C#CCCC(=O)C1CCC(C(C)C)CC1. The first-order valence-electron chi connectivity index (χ1n) is 6.11. The van der Waals surface area contributed by atoms with E-state index in [1.54, 1.807) is 0 Å². The van der Waals surface area contributed by atoms with Gasteiger partial charge in [0.25, 0.3) is 0 Å². The third-order valence-corrected chi connectivity index (χ3v) is 3.69. The molecule has 0 aromatic heterocycles. The van der Waals surface area contributed by atoms with Crippen molar-refractivity contribution in [2.45, 2.75) is 52.4 Å². The molecule has 0 aromatic carbocycles. The van der Waals surface area contributed by atoms with Crippen molar-refractivity contribution in [2.75, 3.05) is 0 Å². The van der Waals surface area contributed by atoms with Gasteiger partial charge in [-0.3, -0.25) is 4.79 Å². The molecule has 0 bridgehead atoms. The Morgan fingerprint density at radius 1 is 1.33 bits per heavy atom. The second-order valence-electron chi connectivity index (χ2n) is 5.03. The molecule has 1 heteroatoms. The first kappa shape index (κ1) is 12.3. The minimum absolute atomic E-state index is 0.313. The lowest BCUT2D eigenvalue weighted by Crippen LogP contribution is -2.23. The zero-order valence-electron chi connectivity index (χ0n) is 9.96. The highest BCUT2D eigenvalue weighted by Gasteiger charge is 2.26. The van der Waals surface area contributed by atoms with Gasteiger partial charge < -0.3 is 0 Å². The van der Waals surface area contributed by atoms with Gasteiger partial charge in [0.15, 0.2) is 0 Å². The van der Waals surface area contributed by atoms with Crippen LogP contribution in [0.3, 0.4) is 0 Å². The van der Waals surface area contributed by atoms with Gasteiger partial charge in [0, 0.05) is 18.8 Å². The monoisotopic (exact) mass is 206 g/mol. The lowest BCUT2D eigenvalue weighted by atomic mass is 9.75. The molecule has 1 rings (SSSR count). The standard InChI is InChI=1S/C14H22O/c1-4-5-6-14(15)13-9-7-12(8-10-13)11(2)3/h1,11-13H,5-10H2,2-3H3. The Labute approximate surface area is 93.6 Å². The molecule has 1 saturated carbocycles. The third-order valence-electron chi connectivity index (χ3n) is 3.69. The molecule has 1 nitrogen and oxygen atoms in total. The summed E-state index contributed by atoms with van der Waals surface area (Å²) in [6, 6.07) is 0. The van der Waals surface area contributed by atoms with E-state index in [-0.39, 0.29) is 0 Å². The van der Waals surface area contributed by atoms with Gasteiger partial charge in [0.05, 0.1) is 0 Å². The summed E-state index contributed by atoms with van der Waals surface area (Å²) in [5.74, 6) is 4.86. The fourth-order valence-corrected chi connectivity index (χ4v) is 2.51. The van der Waals surface area contributed by atoms with Gasteiger partial charge in [-0.1, -0.05) is 13.8 Å². The van der Waals surface area contributed by atoms with Gasteiger partial charge in [-0.15, -0.1) is 12.3 Å². The number of Topliss-reactive ketones (excluding diaryl/α,β-unsaturated/α-hetero) is 1. The van der Waals surface area contributed by atoms with Crippen molar-refractivity contribution in [1.29, 1.82) is 0 Å². The minimum atomic E-state index is 0.313. The number of carbonyl (C=O) groups excluding carboxylic acids is 1. The molecular weight excluding hydrogens is 184 g/mol. The van der Waals surface area contributed by atoms with Crippen LogP contribution in [0.2, 0.25) is 0 Å². The maximum Gasteiger partial charge on any atom is 0.136 e. The molecule has 0 aliphatic heterocycles. The topological polar surface area (TPSA) is 17.1 Å². The second kappa shape index (κ2) is 5.95. The Hall–Kier alpha value is -0.770. The first-order chi connectivity index (χ1) is 7.15. The predicted molar refractivity (Wildman–Crippen MR) is 63.4 cm³/mol. The molecule has 0 radical (unpaired) electrons. The van der Waals surface area contributed by atoms with E-state index in [9.17, 15) is 4.79 Å². The van der Waals surface area contributed by atoms with Crippen molar-refractivity contribution in [3.8, 4) is 12.3 Å². The van der Waals surface area contributed by atoms with Crippen molar-refractivity contribution < 1.29 is 4.79 Å². The van der Waals surface area contributed by atoms with Crippen LogP contribution in [0.1, 0.15) is 52.4 Å². The average Bonchev–Trinajstić information content (AvgIpc) is 2.26. The zero-order chi connectivity index (χ0) is 11.3. The number of carbonyl (C=O) groups is 1. The van der Waals surface area contributed by atoms with E-state index in [1.165, 1.54) is 12.8 Å². The Balaban J connectivity index is 2.31. The van der Waals surface area contributed by atoms with E-state index in [4.69, 9.17) is 6.42 Å². The van der Waals surface area contributed by atoms with E-state index >= 15 is 0 Å². The highest BCUT2D eigenvalue weighted by atomic mass is 16.1. The highest BCUT2D eigenvalue weighted by molar-refractivity contribution is 5.81. The van der Waals surface area contributed by atoms with E-state index in [2.05, 4.69) is 19.8 Å². The maximum absolute atomic E-state index is 11.7. The molecule has 1 fully saturated rings. The molecule has 84 valence electrons. The average molecular weight is 206 g/mol. The molecule has 0 aromatic rings. The Bertz CT molecular complexity index is 239. The molecular formula is C14H22O. The lowest BCUT2D eigenvalue weighted by Gasteiger charge is -2.30.